The average molecular weight is 232 g/mol. The van der Waals surface area contributed by atoms with Crippen molar-refractivity contribution in [3.63, 3.8) is 0 Å². The van der Waals surface area contributed by atoms with E-state index in [0.29, 0.717) is 15.6 Å². The van der Waals surface area contributed by atoms with Gasteiger partial charge in [0.1, 0.15) is 6.04 Å². The number of dihydropyridines is 1. The molecule has 0 aromatic heterocycles. The first kappa shape index (κ1) is 7.18. The SMILES string of the molecule is ClC1=CC=NC2=NC(Br)=N[C@@H]12. The van der Waals surface area contributed by atoms with Crippen molar-refractivity contribution in [2.24, 2.45) is 15.0 Å². The third kappa shape index (κ3) is 1.16. The van der Waals surface area contributed by atoms with Crippen LogP contribution >= 0.6 is 27.5 Å². The second-order valence-electron chi connectivity index (χ2n) is 2.10. The van der Waals surface area contributed by atoms with Gasteiger partial charge in [-0.05, 0) is 22.0 Å². The largest absolute Gasteiger partial charge is 0.243 e. The number of hydrogen-bond acceptors (Lipinski definition) is 3. The Morgan fingerprint density at radius 1 is 1.55 bits per heavy atom. The molecule has 1 atom stereocenters. The molecule has 5 heteroatoms. The summed E-state index contributed by atoms with van der Waals surface area (Å²) in [6, 6.07) is -0.170. The van der Waals surface area contributed by atoms with Crippen LogP contribution in [-0.4, -0.2) is 22.8 Å². The molecule has 2 aliphatic heterocycles. The predicted octanol–water partition coefficient (Wildman–Crippen LogP) is 1.73. The van der Waals surface area contributed by atoms with E-state index in [1.165, 1.54) is 0 Å². The van der Waals surface area contributed by atoms with Gasteiger partial charge in [-0.3, -0.25) is 0 Å². The number of hydrogen-bond donors (Lipinski definition) is 0. The molecule has 0 unspecified atom stereocenters. The third-order valence-corrected chi connectivity index (χ3v) is 2.10. The Kier molecular flexibility index (Phi) is 1.65. The molecule has 0 saturated carbocycles. The standard InChI is InChI=1S/C6H3BrClN3/c7-6-10-4-3(8)1-2-9-5(4)11-6/h1-2,4H/t4-/m0/s1. The minimum absolute atomic E-state index is 0.170. The first-order valence-corrected chi connectivity index (χ1v) is 4.16. The van der Waals surface area contributed by atoms with Crippen LogP contribution in [0.4, 0.5) is 0 Å². The lowest BCUT2D eigenvalue weighted by Crippen LogP contribution is -2.16. The predicted molar refractivity (Wildman–Crippen MR) is 50.0 cm³/mol. The maximum absolute atomic E-state index is 5.84. The normalized spacial score (nSPS) is 27.5. The number of nitrogens with zero attached hydrogens (tertiary/aromatic N) is 3. The molecule has 0 aliphatic carbocycles. The van der Waals surface area contributed by atoms with Gasteiger partial charge in [0.15, 0.2) is 10.6 Å². The summed E-state index contributed by atoms with van der Waals surface area (Å²) in [7, 11) is 0. The van der Waals surface area contributed by atoms with E-state index in [2.05, 4.69) is 30.9 Å². The smallest absolute Gasteiger partial charge is 0.194 e. The van der Waals surface area contributed by atoms with E-state index in [9.17, 15) is 0 Å². The quantitative estimate of drug-likeness (QED) is 0.571. The Labute approximate surface area is 76.7 Å². The fourth-order valence-electron chi connectivity index (χ4n) is 0.909. The Hall–Kier alpha value is -0.480. The zero-order valence-corrected chi connectivity index (χ0v) is 7.67. The molecule has 0 radical (unpaired) electrons. The van der Waals surface area contributed by atoms with Crippen molar-refractivity contribution < 1.29 is 0 Å². The van der Waals surface area contributed by atoms with Gasteiger partial charge >= 0.3 is 0 Å². The monoisotopic (exact) mass is 231 g/mol. The van der Waals surface area contributed by atoms with E-state index >= 15 is 0 Å². The molecule has 0 fully saturated rings. The summed E-state index contributed by atoms with van der Waals surface area (Å²) in [5.74, 6) is 0.657. The maximum atomic E-state index is 5.84. The summed E-state index contributed by atoms with van der Waals surface area (Å²) in [4.78, 5) is 12.1. The number of amidine groups is 2. The number of fused-ring (bicyclic) bond motifs is 1. The molecule has 0 spiro atoms. The summed E-state index contributed by atoms with van der Waals surface area (Å²) in [5.41, 5.74) is 0. The minimum atomic E-state index is -0.170. The van der Waals surface area contributed by atoms with Crippen molar-refractivity contribution in [2.75, 3.05) is 0 Å². The van der Waals surface area contributed by atoms with Crippen LogP contribution in [0.5, 0.6) is 0 Å². The molecule has 2 heterocycles. The number of halogens is 2. The summed E-state index contributed by atoms with van der Waals surface area (Å²) >= 11 is 9.00. The highest BCUT2D eigenvalue weighted by molar-refractivity contribution is 9.18. The first-order valence-electron chi connectivity index (χ1n) is 2.99. The lowest BCUT2D eigenvalue weighted by Gasteiger charge is -2.07. The molecular weight excluding hydrogens is 229 g/mol. The fraction of sp³-hybridized carbons (Fsp3) is 0.167. The third-order valence-electron chi connectivity index (χ3n) is 1.39. The summed E-state index contributed by atoms with van der Waals surface area (Å²) < 4.78 is 0.558. The van der Waals surface area contributed by atoms with Crippen molar-refractivity contribution in [2.45, 2.75) is 6.04 Å². The van der Waals surface area contributed by atoms with Crippen LogP contribution in [-0.2, 0) is 0 Å². The van der Waals surface area contributed by atoms with E-state index in [1.807, 2.05) is 0 Å². The average Bonchev–Trinajstić information content (AvgIpc) is 2.31. The van der Waals surface area contributed by atoms with Gasteiger partial charge in [-0.2, -0.15) is 0 Å². The number of aliphatic imine (C=N–C) groups is 3. The lowest BCUT2D eigenvalue weighted by atomic mass is 10.2. The maximum Gasteiger partial charge on any atom is 0.194 e. The summed E-state index contributed by atoms with van der Waals surface area (Å²) in [6.45, 7) is 0. The minimum Gasteiger partial charge on any atom is -0.243 e. The van der Waals surface area contributed by atoms with Crippen molar-refractivity contribution >= 4 is 44.3 Å². The highest BCUT2D eigenvalue weighted by atomic mass is 79.9. The van der Waals surface area contributed by atoms with Gasteiger partial charge in [0.25, 0.3) is 0 Å². The van der Waals surface area contributed by atoms with Crippen LogP contribution in [0.2, 0.25) is 0 Å². The van der Waals surface area contributed by atoms with Gasteiger partial charge in [-0.15, -0.1) is 0 Å². The van der Waals surface area contributed by atoms with Gasteiger partial charge in [0.2, 0.25) is 0 Å². The molecule has 3 nitrogen and oxygen atoms in total. The van der Waals surface area contributed by atoms with E-state index in [0.717, 1.165) is 0 Å². The first-order chi connectivity index (χ1) is 5.27. The Morgan fingerprint density at radius 2 is 2.36 bits per heavy atom. The van der Waals surface area contributed by atoms with Crippen LogP contribution in [0.15, 0.2) is 26.1 Å². The van der Waals surface area contributed by atoms with Crippen molar-refractivity contribution in [1.82, 2.24) is 0 Å². The van der Waals surface area contributed by atoms with Gasteiger partial charge < -0.3 is 0 Å². The van der Waals surface area contributed by atoms with Crippen molar-refractivity contribution in [1.29, 1.82) is 0 Å². The summed E-state index contributed by atoms with van der Waals surface area (Å²) in [6.07, 6.45) is 3.35. The molecule has 2 aliphatic rings. The van der Waals surface area contributed by atoms with E-state index in [-0.39, 0.29) is 6.04 Å². The molecule has 0 aromatic rings. The van der Waals surface area contributed by atoms with Gasteiger partial charge in [-0.1, -0.05) is 11.6 Å². The lowest BCUT2D eigenvalue weighted by molar-refractivity contribution is 1.07. The van der Waals surface area contributed by atoms with E-state index in [1.54, 1.807) is 12.3 Å². The van der Waals surface area contributed by atoms with Crippen LogP contribution < -0.4 is 0 Å². The fourth-order valence-corrected chi connectivity index (χ4v) is 1.50. The molecule has 2 rings (SSSR count). The zero-order valence-electron chi connectivity index (χ0n) is 5.33. The number of allylic oxidation sites excluding steroid dienone is 1. The molecular formula is C6H3BrClN3. The van der Waals surface area contributed by atoms with Crippen LogP contribution in [0.1, 0.15) is 0 Å². The summed E-state index contributed by atoms with van der Waals surface area (Å²) in [5, 5.41) is 0.660. The van der Waals surface area contributed by atoms with Crippen molar-refractivity contribution in [3.8, 4) is 0 Å². The van der Waals surface area contributed by atoms with Crippen molar-refractivity contribution in [3.05, 3.63) is 11.1 Å². The van der Waals surface area contributed by atoms with Crippen LogP contribution in [0.3, 0.4) is 0 Å². The highest BCUT2D eigenvalue weighted by Gasteiger charge is 2.25. The van der Waals surface area contributed by atoms with Gasteiger partial charge in [-0.25, -0.2) is 15.0 Å². The Morgan fingerprint density at radius 3 is 3.09 bits per heavy atom. The Balaban J connectivity index is 2.44. The molecule has 56 valence electrons. The molecule has 0 saturated heterocycles. The molecule has 11 heavy (non-hydrogen) atoms. The van der Waals surface area contributed by atoms with E-state index < -0.39 is 0 Å². The van der Waals surface area contributed by atoms with Gasteiger partial charge in [0, 0.05) is 6.21 Å². The highest BCUT2D eigenvalue weighted by Crippen LogP contribution is 2.22. The topological polar surface area (TPSA) is 37.1 Å². The number of rotatable bonds is 0. The molecule has 0 aromatic carbocycles. The molecule has 0 bridgehead atoms. The zero-order chi connectivity index (χ0) is 7.84. The Bertz CT molecular complexity index is 316. The van der Waals surface area contributed by atoms with Gasteiger partial charge in [0.05, 0.1) is 5.03 Å². The van der Waals surface area contributed by atoms with E-state index in [4.69, 9.17) is 11.6 Å². The molecule has 0 N–H and O–H groups in total. The second-order valence-corrected chi connectivity index (χ2v) is 3.25. The second kappa shape index (κ2) is 2.53. The van der Waals surface area contributed by atoms with Crippen LogP contribution in [0, 0.1) is 0 Å². The molecule has 0 amide bonds. The van der Waals surface area contributed by atoms with Crippen LogP contribution in [0.25, 0.3) is 0 Å².